The second-order valence-electron chi connectivity index (χ2n) is 5.39. The second-order valence-corrected chi connectivity index (χ2v) is 5.39. The lowest BCUT2D eigenvalue weighted by molar-refractivity contribution is 0.0952. The summed E-state index contributed by atoms with van der Waals surface area (Å²) in [5.41, 5.74) is 3.84. The van der Waals surface area contributed by atoms with Crippen LogP contribution in [0.4, 0.5) is 0 Å². The van der Waals surface area contributed by atoms with Crippen LogP contribution in [0.2, 0.25) is 0 Å². The Morgan fingerprint density at radius 1 is 1.32 bits per heavy atom. The summed E-state index contributed by atoms with van der Waals surface area (Å²) >= 11 is 0. The number of amides is 1. The zero-order chi connectivity index (χ0) is 15.9. The van der Waals surface area contributed by atoms with Gasteiger partial charge in [0, 0.05) is 31.5 Å². The number of nitrogens with zero attached hydrogens (tertiary/aromatic N) is 2. The van der Waals surface area contributed by atoms with Crippen LogP contribution in [0.25, 0.3) is 0 Å². The van der Waals surface area contributed by atoms with E-state index in [9.17, 15) is 4.79 Å². The quantitative estimate of drug-likeness (QED) is 0.799. The van der Waals surface area contributed by atoms with Crippen LogP contribution < -0.4 is 5.32 Å². The van der Waals surface area contributed by atoms with Gasteiger partial charge in [-0.15, -0.1) is 0 Å². The minimum Gasteiger partial charge on any atom is -0.380 e. The van der Waals surface area contributed by atoms with E-state index >= 15 is 0 Å². The van der Waals surface area contributed by atoms with Crippen LogP contribution in [0.5, 0.6) is 0 Å². The highest BCUT2D eigenvalue weighted by Crippen LogP contribution is 2.06. The first kappa shape index (κ1) is 16.2. The Bertz CT molecular complexity index is 635. The van der Waals surface area contributed by atoms with Gasteiger partial charge in [0.25, 0.3) is 5.91 Å². The van der Waals surface area contributed by atoms with Gasteiger partial charge in [0.1, 0.15) is 0 Å². The van der Waals surface area contributed by atoms with Crippen molar-refractivity contribution in [3.05, 3.63) is 52.8 Å². The molecular formula is C17H23N3O2. The van der Waals surface area contributed by atoms with Crippen LogP contribution in [-0.4, -0.2) is 29.3 Å². The summed E-state index contributed by atoms with van der Waals surface area (Å²) in [5.74, 6) is -0.0497. The van der Waals surface area contributed by atoms with Crippen molar-refractivity contribution in [2.75, 3.05) is 13.7 Å². The molecule has 2 rings (SSSR count). The van der Waals surface area contributed by atoms with E-state index in [0.717, 1.165) is 29.9 Å². The number of carbonyl (C=O) groups is 1. The summed E-state index contributed by atoms with van der Waals surface area (Å²) in [6, 6.07) is 9.55. The Morgan fingerprint density at radius 3 is 2.82 bits per heavy atom. The molecule has 0 atom stereocenters. The van der Waals surface area contributed by atoms with E-state index < -0.39 is 0 Å². The molecule has 1 aromatic carbocycles. The molecule has 0 spiro atoms. The summed E-state index contributed by atoms with van der Waals surface area (Å²) < 4.78 is 7.05. The number of aryl methyl sites for hydroxylation is 3. The Morgan fingerprint density at radius 2 is 2.14 bits per heavy atom. The van der Waals surface area contributed by atoms with Gasteiger partial charge in [-0.3, -0.25) is 9.48 Å². The molecule has 0 aliphatic heterocycles. The first-order chi connectivity index (χ1) is 10.6. The summed E-state index contributed by atoms with van der Waals surface area (Å²) in [6.07, 6.45) is 0.853. The van der Waals surface area contributed by atoms with Gasteiger partial charge in [0.2, 0.25) is 0 Å². The van der Waals surface area contributed by atoms with Crippen LogP contribution in [0, 0.1) is 13.8 Å². The van der Waals surface area contributed by atoms with Gasteiger partial charge in [-0.1, -0.05) is 12.1 Å². The average molecular weight is 301 g/mol. The fraction of sp³-hybridized carbons (Fsp3) is 0.412. The Kier molecular flexibility index (Phi) is 5.72. The van der Waals surface area contributed by atoms with E-state index in [1.807, 2.05) is 42.8 Å². The van der Waals surface area contributed by atoms with Crippen molar-refractivity contribution >= 4 is 5.91 Å². The first-order valence-corrected chi connectivity index (χ1v) is 7.47. The Labute approximate surface area is 131 Å². The predicted molar refractivity (Wildman–Crippen MR) is 85.8 cm³/mol. The molecule has 0 aliphatic rings. The Balaban J connectivity index is 1.80. The predicted octanol–water partition coefficient (Wildman–Crippen LogP) is 2.47. The Hall–Kier alpha value is -2.14. The van der Waals surface area contributed by atoms with E-state index in [2.05, 4.69) is 16.5 Å². The summed E-state index contributed by atoms with van der Waals surface area (Å²) in [6.45, 7) is 5.98. The number of ether oxygens (including phenoxy) is 1. The zero-order valence-corrected chi connectivity index (χ0v) is 13.4. The molecule has 2 aromatic rings. The number of rotatable bonds is 7. The number of benzene rings is 1. The second kappa shape index (κ2) is 7.75. The lowest BCUT2D eigenvalue weighted by atomic mass is 10.1. The van der Waals surface area contributed by atoms with Crippen molar-refractivity contribution in [1.29, 1.82) is 0 Å². The van der Waals surface area contributed by atoms with Crippen molar-refractivity contribution in [3.63, 3.8) is 0 Å². The maximum Gasteiger partial charge on any atom is 0.251 e. The van der Waals surface area contributed by atoms with E-state index in [4.69, 9.17) is 4.74 Å². The first-order valence-electron chi connectivity index (χ1n) is 7.47. The third kappa shape index (κ3) is 4.43. The minimum atomic E-state index is -0.0497. The van der Waals surface area contributed by atoms with Gasteiger partial charge in [-0.05, 0) is 44.0 Å². The van der Waals surface area contributed by atoms with E-state index in [1.54, 1.807) is 7.11 Å². The molecule has 0 unspecified atom stereocenters. The summed E-state index contributed by atoms with van der Waals surface area (Å²) in [7, 11) is 1.64. The fourth-order valence-electron chi connectivity index (χ4n) is 2.40. The molecular weight excluding hydrogens is 278 g/mol. The van der Waals surface area contributed by atoms with Gasteiger partial charge in [0.05, 0.1) is 12.3 Å². The highest BCUT2D eigenvalue weighted by Gasteiger charge is 2.06. The molecule has 5 heteroatoms. The van der Waals surface area contributed by atoms with Crippen LogP contribution in [0.15, 0.2) is 30.3 Å². The number of methoxy groups -OCH3 is 1. The molecule has 5 nitrogen and oxygen atoms in total. The van der Waals surface area contributed by atoms with E-state index in [-0.39, 0.29) is 5.91 Å². The van der Waals surface area contributed by atoms with Gasteiger partial charge >= 0.3 is 0 Å². The lowest BCUT2D eigenvalue weighted by Crippen LogP contribution is -2.25. The van der Waals surface area contributed by atoms with Crippen molar-refractivity contribution in [2.24, 2.45) is 0 Å². The number of carbonyl (C=O) groups excluding carboxylic acids is 1. The van der Waals surface area contributed by atoms with Crippen LogP contribution in [-0.2, 0) is 17.9 Å². The van der Waals surface area contributed by atoms with E-state index in [1.165, 1.54) is 0 Å². The topological polar surface area (TPSA) is 56.1 Å². The SMILES string of the molecule is COCc1cccc(C(=O)NCCCn2nc(C)cc2C)c1. The molecule has 0 fully saturated rings. The van der Waals surface area contributed by atoms with Crippen LogP contribution in [0.3, 0.4) is 0 Å². The molecule has 1 amide bonds. The highest BCUT2D eigenvalue weighted by molar-refractivity contribution is 5.94. The van der Waals surface area contributed by atoms with E-state index in [0.29, 0.717) is 18.7 Å². The molecule has 22 heavy (non-hydrogen) atoms. The number of hydrogen-bond acceptors (Lipinski definition) is 3. The molecule has 1 heterocycles. The van der Waals surface area contributed by atoms with Crippen molar-refractivity contribution < 1.29 is 9.53 Å². The van der Waals surface area contributed by atoms with Crippen molar-refractivity contribution in [2.45, 2.75) is 33.4 Å². The normalized spacial score (nSPS) is 10.7. The number of hydrogen-bond donors (Lipinski definition) is 1. The maximum absolute atomic E-state index is 12.1. The molecule has 0 saturated carbocycles. The summed E-state index contributed by atoms with van der Waals surface area (Å²) in [4.78, 5) is 12.1. The third-order valence-corrected chi connectivity index (χ3v) is 3.44. The standard InChI is InChI=1S/C17H23N3O2/c1-13-10-14(2)20(19-13)9-5-8-18-17(21)16-7-4-6-15(11-16)12-22-3/h4,6-7,10-11H,5,8-9,12H2,1-3H3,(H,18,21). The monoisotopic (exact) mass is 301 g/mol. The lowest BCUT2D eigenvalue weighted by Gasteiger charge is -2.08. The van der Waals surface area contributed by atoms with Crippen molar-refractivity contribution in [1.82, 2.24) is 15.1 Å². The molecule has 0 aliphatic carbocycles. The highest BCUT2D eigenvalue weighted by atomic mass is 16.5. The zero-order valence-electron chi connectivity index (χ0n) is 13.4. The third-order valence-electron chi connectivity index (χ3n) is 3.44. The number of nitrogens with one attached hydrogen (secondary N) is 1. The van der Waals surface area contributed by atoms with Crippen molar-refractivity contribution in [3.8, 4) is 0 Å². The average Bonchev–Trinajstić information content (AvgIpc) is 2.82. The van der Waals surface area contributed by atoms with Gasteiger partial charge < -0.3 is 10.1 Å². The van der Waals surface area contributed by atoms with Gasteiger partial charge in [-0.25, -0.2) is 0 Å². The van der Waals surface area contributed by atoms with Crippen LogP contribution >= 0.6 is 0 Å². The molecule has 0 saturated heterocycles. The smallest absolute Gasteiger partial charge is 0.251 e. The minimum absolute atomic E-state index is 0.0497. The molecule has 1 aromatic heterocycles. The molecule has 118 valence electrons. The van der Waals surface area contributed by atoms with Gasteiger partial charge in [0.15, 0.2) is 0 Å². The fourth-order valence-corrected chi connectivity index (χ4v) is 2.40. The molecule has 0 radical (unpaired) electrons. The molecule has 0 bridgehead atoms. The van der Waals surface area contributed by atoms with Gasteiger partial charge in [-0.2, -0.15) is 5.10 Å². The summed E-state index contributed by atoms with van der Waals surface area (Å²) in [5, 5.41) is 7.35. The maximum atomic E-state index is 12.1. The molecule has 1 N–H and O–H groups in total. The number of aromatic nitrogens is 2. The van der Waals surface area contributed by atoms with Crippen LogP contribution in [0.1, 0.15) is 33.7 Å². The largest absolute Gasteiger partial charge is 0.380 e.